The zero-order valence-corrected chi connectivity index (χ0v) is 13.3. The van der Waals surface area contributed by atoms with Crippen LogP contribution in [0.4, 0.5) is 0 Å². The molecule has 5 aliphatic rings. The second-order valence-electron chi connectivity index (χ2n) is 6.56. The molecule has 7 unspecified atom stereocenters. The highest BCUT2D eigenvalue weighted by atomic mass is 32.2. The van der Waals surface area contributed by atoms with E-state index in [2.05, 4.69) is 0 Å². The van der Waals surface area contributed by atoms with Crippen molar-refractivity contribution < 1.29 is 32.2 Å². The zero-order chi connectivity index (χ0) is 16.1. The number of esters is 2. The van der Waals surface area contributed by atoms with Crippen molar-refractivity contribution in [2.45, 2.75) is 55.9 Å². The van der Waals surface area contributed by atoms with Gasteiger partial charge in [-0.15, -0.1) is 0 Å². The van der Waals surface area contributed by atoms with E-state index in [0.29, 0.717) is 0 Å². The van der Waals surface area contributed by atoms with Crippen molar-refractivity contribution in [1.29, 1.82) is 0 Å². The molecule has 122 valence electrons. The SMILES string of the molecule is CC(=O)OCC12CC3C4(O1)C(OC(C)=O)N(C4C2C)S3(=O)=O. The lowest BCUT2D eigenvalue weighted by Crippen LogP contribution is -2.72. The quantitative estimate of drug-likeness (QED) is 0.636. The van der Waals surface area contributed by atoms with Crippen molar-refractivity contribution >= 4 is 22.0 Å². The van der Waals surface area contributed by atoms with E-state index in [-0.39, 0.29) is 25.0 Å². The third-order valence-corrected chi connectivity index (χ3v) is 7.78. The van der Waals surface area contributed by atoms with Crippen LogP contribution in [0.2, 0.25) is 0 Å². The summed E-state index contributed by atoms with van der Waals surface area (Å²) in [6.45, 7) is 4.46. The molecule has 0 amide bonds. The Kier molecular flexibility index (Phi) is 2.50. The Labute approximate surface area is 127 Å². The van der Waals surface area contributed by atoms with E-state index in [1.807, 2.05) is 6.92 Å². The van der Waals surface area contributed by atoms with Gasteiger partial charge in [-0.3, -0.25) is 9.59 Å². The summed E-state index contributed by atoms with van der Waals surface area (Å²) in [5.41, 5.74) is -1.83. The highest BCUT2D eigenvalue weighted by Gasteiger charge is 2.92. The molecule has 5 saturated heterocycles. The van der Waals surface area contributed by atoms with Gasteiger partial charge in [-0.25, -0.2) is 8.42 Å². The first-order valence-electron chi connectivity index (χ1n) is 7.20. The Bertz CT molecular complexity index is 691. The first kappa shape index (κ1) is 14.4. The molecule has 5 rings (SSSR count). The summed E-state index contributed by atoms with van der Waals surface area (Å²) in [5, 5.41) is -0.735. The van der Waals surface area contributed by atoms with Gasteiger partial charge in [0.2, 0.25) is 16.3 Å². The highest BCUT2D eigenvalue weighted by Crippen LogP contribution is 2.71. The molecule has 7 atom stereocenters. The molecule has 0 aromatic rings. The largest absolute Gasteiger partial charge is 0.463 e. The topological polar surface area (TPSA) is 99.2 Å². The lowest BCUT2D eigenvalue weighted by atomic mass is 9.66. The molecule has 0 saturated carbocycles. The summed E-state index contributed by atoms with van der Waals surface area (Å²) >= 11 is 0. The van der Waals surface area contributed by atoms with Crippen molar-refractivity contribution in [1.82, 2.24) is 4.31 Å². The summed E-state index contributed by atoms with van der Waals surface area (Å²) < 4.78 is 42.9. The van der Waals surface area contributed by atoms with Gasteiger partial charge in [0.15, 0.2) is 5.60 Å². The molecule has 0 radical (unpaired) electrons. The standard InChI is InChI=1S/C13H17NO7S/c1-6-10-13-9(4-12(6,21-13)5-19-7(2)15)22(17,18)14(10)11(13)20-8(3)16/h6,9-11H,4-5H2,1-3H3. The zero-order valence-electron chi connectivity index (χ0n) is 12.4. The lowest BCUT2D eigenvalue weighted by molar-refractivity contribution is -0.230. The minimum Gasteiger partial charge on any atom is -0.463 e. The number of sulfonamides is 1. The summed E-state index contributed by atoms with van der Waals surface area (Å²) in [4.78, 5) is 22.4. The van der Waals surface area contributed by atoms with Gasteiger partial charge in [-0.05, 0) is 0 Å². The summed E-state index contributed by atoms with van der Waals surface area (Å²) in [6, 6.07) is -0.351. The van der Waals surface area contributed by atoms with Crippen LogP contribution in [0.1, 0.15) is 27.2 Å². The van der Waals surface area contributed by atoms with Crippen LogP contribution in [0.15, 0.2) is 0 Å². The number of carbonyl (C=O) groups is 2. The van der Waals surface area contributed by atoms with Gasteiger partial charge in [0.25, 0.3) is 0 Å². The van der Waals surface area contributed by atoms with Crippen LogP contribution in [-0.2, 0) is 33.8 Å². The average Bonchev–Trinajstić information content (AvgIpc) is 2.95. The minimum atomic E-state index is -3.56. The Morgan fingerprint density at radius 2 is 2.00 bits per heavy atom. The Morgan fingerprint density at radius 3 is 2.59 bits per heavy atom. The fraction of sp³-hybridized carbons (Fsp3) is 0.846. The molecule has 5 heterocycles. The van der Waals surface area contributed by atoms with E-state index >= 15 is 0 Å². The second-order valence-corrected chi connectivity index (χ2v) is 8.58. The van der Waals surface area contributed by atoms with Crippen LogP contribution < -0.4 is 0 Å². The van der Waals surface area contributed by atoms with Crippen molar-refractivity contribution in [3.8, 4) is 0 Å². The average molecular weight is 331 g/mol. The molecular formula is C13H17NO7S. The van der Waals surface area contributed by atoms with Crippen molar-refractivity contribution in [3.05, 3.63) is 0 Å². The molecule has 22 heavy (non-hydrogen) atoms. The molecular weight excluding hydrogens is 314 g/mol. The molecule has 1 spiro atoms. The minimum absolute atomic E-state index is 0.0222. The number of ether oxygens (including phenoxy) is 3. The number of hydrogen-bond donors (Lipinski definition) is 0. The first-order chi connectivity index (χ1) is 10.2. The number of carbonyl (C=O) groups excluding carboxylic acids is 2. The number of fused-ring (bicyclic) bond motifs is 1. The fourth-order valence-corrected chi connectivity index (χ4v) is 7.39. The van der Waals surface area contributed by atoms with E-state index < -0.39 is 44.6 Å². The molecule has 5 aliphatic heterocycles. The van der Waals surface area contributed by atoms with E-state index in [9.17, 15) is 18.0 Å². The highest BCUT2D eigenvalue weighted by molar-refractivity contribution is 7.90. The lowest BCUT2D eigenvalue weighted by Gasteiger charge is -2.49. The van der Waals surface area contributed by atoms with Crippen molar-refractivity contribution in [2.75, 3.05) is 6.61 Å². The number of rotatable bonds is 3. The van der Waals surface area contributed by atoms with Crippen LogP contribution in [0.5, 0.6) is 0 Å². The maximum atomic E-state index is 12.6. The van der Waals surface area contributed by atoms with E-state index in [0.717, 1.165) is 0 Å². The van der Waals surface area contributed by atoms with E-state index in [1.54, 1.807) is 0 Å². The summed E-state index contributed by atoms with van der Waals surface area (Å²) in [5.74, 6) is -1.11. The summed E-state index contributed by atoms with van der Waals surface area (Å²) in [6.07, 6.45) is -0.636. The molecule has 3 bridgehead atoms. The maximum absolute atomic E-state index is 12.6. The molecule has 0 N–H and O–H groups in total. The molecule has 0 aromatic carbocycles. The first-order valence-corrected chi connectivity index (χ1v) is 8.70. The smallest absolute Gasteiger partial charge is 0.304 e. The monoisotopic (exact) mass is 331 g/mol. The molecule has 0 aromatic heterocycles. The van der Waals surface area contributed by atoms with Gasteiger partial charge in [-0.2, -0.15) is 4.31 Å². The number of hydrogen-bond acceptors (Lipinski definition) is 7. The van der Waals surface area contributed by atoms with Crippen LogP contribution in [0.25, 0.3) is 0 Å². The normalized spacial score (nSPS) is 52.2. The van der Waals surface area contributed by atoms with Gasteiger partial charge >= 0.3 is 11.9 Å². The van der Waals surface area contributed by atoms with Crippen LogP contribution in [0, 0.1) is 5.92 Å². The van der Waals surface area contributed by atoms with Crippen molar-refractivity contribution in [2.24, 2.45) is 5.92 Å². The molecule has 9 heteroatoms. The Balaban J connectivity index is 1.74. The predicted molar refractivity (Wildman–Crippen MR) is 70.8 cm³/mol. The fourth-order valence-electron chi connectivity index (χ4n) is 4.70. The number of nitrogens with zero attached hydrogens (tertiary/aromatic N) is 1. The van der Waals surface area contributed by atoms with Crippen LogP contribution >= 0.6 is 0 Å². The van der Waals surface area contributed by atoms with E-state index in [1.165, 1.54) is 18.2 Å². The third-order valence-electron chi connectivity index (χ3n) is 5.52. The third kappa shape index (κ3) is 1.30. The van der Waals surface area contributed by atoms with Crippen LogP contribution in [0.3, 0.4) is 0 Å². The van der Waals surface area contributed by atoms with Gasteiger partial charge in [-0.1, -0.05) is 6.92 Å². The molecule has 8 nitrogen and oxygen atoms in total. The van der Waals surface area contributed by atoms with Gasteiger partial charge in [0.1, 0.15) is 17.5 Å². The maximum Gasteiger partial charge on any atom is 0.304 e. The van der Waals surface area contributed by atoms with Crippen molar-refractivity contribution in [3.63, 3.8) is 0 Å². The van der Waals surface area contributed by atoms with Crippen LogP contribution in [-0.4, -0.2) is 60.0 Å². The molecule has 5 fully saturated rings. The predicted octanol–water partition coefficient (Wildman–Crippen LogP) is -0.617. The van der Waals surface area contributed by atoms with E-state index in [4.69, 9.17) is 14.2 Å². The molecule has 0 aliphatic carbocycles. The Morgan fingerprint density at radius 1 is 1.32 bits per heavy atom. The van der Waals surface area contributed by atoms with Gasteiger partial charge < -0.3 is 14.2 Å². The van der Waals surface area contributed by atoms with Gasteiger partial charge in [0, 0.05) is 26.2 Å². The summed E-state index contributed by atoms with van der Waals surface area (Å²) in [7, 11) is -3.56. The second kappa shape index (κ2) is 3.82. The van der Waals surface area contributed by atoms with Gasteiger partial charge in [0.05, 0.1) is 6.04 Å². The Hall–Kier alpha value is -1.19.